The number of aromatic nitrogens is 1. The highest BCUT2D eigenvalue weighted by atomic mass is 32.1. The molecule has 0 saturated heterocycles. The van der Waals surface area contributed by atoms with Crippen LogP contribution in [0.1, 0.15) is 31.7 Å². The van der Waals surface area contributed by atoms with Crippen molar-refractivity contribution in [3.63, 3.8) is 0 Å². The van der Waals surface area contributed by atoms with Crippen molar-refractivity contribution in [2.75, 3.05) is 25.0 Å². The van der Waals surface area contributed by atoms with Crippen LogP contribution in [0.2, 0.25) is 0 Å². The molecule has 1 aliphatic heterocycles. The fourth-order valence-electron chi connectivity index (χ4n) is 3.00. The van der Waals surface area contributed by atoms with E-state index in [0.29, 0.717) is 18.0 Å². The van der Waals surface area contributed by atoms with E-state index in [2.05, 4.69) is 11.9 Å². The second kappa shape index (κ2) is 8.08. The van der Waals surface area contributed by atoms with Crippen LogP contribution in [0.25, 0.3) is 11.3 Å². The molecule has 0 bridgehead atoms. The number of carbonyl (C=O) groups is 2. The molecule has 27 heavy (non-hydrogen) atoms. The number of likely N-dealkylation sites (N-methyl/N-ethyl adjacent to an activating group) is 1. The normalized spacial score (nSPS) is 16.1. The van der Waals surface area contributed by atoms with E-state index in [1.807, 2.05) is 30.5 Å². The summed E-state index contributed by atoms with van der Waals surface area (Å²) in [7, 11) is 1.78. The zero-order valence-corrected chi connectivity index (χ0v) is 17.0. The van der Waals surface area contributed by atoms with Gasteiger partial charge in [-0.05, 0) is 38.5 Å². The number of hydrogen-bond acceptors (Lipinski definition) is 5. The molecule has 144 valence electrons. The molecule has 1 atom stereocenters. The van der Waals surface area contributed by atoms with Crippen LogP contribution < -0.4 is 9.64 Å². The number of aryl methyl sites for hydroxylation is 1. The molecule has 3 rings (SSSR count). The van der Waals surface area contributed by atoms with Crippen molar-refractivity contribution in [2.24, 2.45) is 0 Å². The van der Waals surface area contributed by atoms with Crippen molar-refractivity contribution in [3.05, 3.63) is 28.6 Å². The van der Waals surface area contributed by atoms with Gasteiger partial charge in [-0.15, -0.1) is 11.3 Å². The molecule has 1 aliphatic rings. The van der Waals surface area contributed by atoms with Gasteiger partial charge in [0, 0.05) is 24.5 Å². The second-order valence-corrected chi connectivity index (χ2v) is 7.85. The molecule has 2 aromatic rings. The number of rotatable bonds is 6. The minimum Gasteiger partial charge on any atom is -0.479 e. The molecular weight excluding hydrogens is 362 g/mol. The number of hydrogen-bond donors (Lipinski definition) is 0. The Kier molecular flexibility index (Phi) is 5.79. The fraction of sp³-hybridized carbons (Fsp3) is 0.450. The summed E-state index contributed by atoms with van der Waals surface area (Å²) >= 11 is 1.58. The van der Waals surface area contributed by atoms with Crippen LogP contribution in [0.5, 0.6) is 5.75 Å². The third-order valence-electron chi connectivity index (χ3n) is 4.65. The van der Waals surface area contributed by atoms with E-state index in [9.17, 15) is 9.59 Å². The number of carbonyl (C=O) groups excluding carboxylic acids is 2. The van der Waals surface area contributed by atoms with Gasteiger partial charge < -0.3 is 9.64 Å². The SMILES string of the molecule is CCCCN(C)C(=O)CN1C(=O)C(C)Oc2ccc(-c3csc(C)n3)cc21. The predicted molar refractivity (Wildman–Crippen MR) is 107 cm³/mol. The van der Waals surface area contributed by atoms with Gasteiger partial charge in [0.15, 0.2) is 6.10 Å². The summed E-state index contributed by atoms with van der Waals surface area (Å²) in [5, 5.41) is 2.97. The first-order chi connectivity index (χ1) is 12.9. The number of anilines is 1. The molecule has 2 amide bonds. The van der Waals surface area contributed by atoms with Gasteiger partial charge in [0.1, 0.15) is 12.3 Å². The van der Waals surface area contributed by atoms with Gasteiger partial charge in [-0.25, -0.2) is 4.98 Å². The van der Waals surface area contributed by atoms with Crippen LogP contribution in [0.15, 0.2) is 23.6 Å². The zero-order valence-electron chi connectivity index (χ0n) is 16.2. The minimum absolute atomic E-state index is 0.0132. The molecule has 1 aromatic heterocycles. The molecule has 6 nitrogen and oxygen atoms in total. The summed E-state index contributed by atoms with van der Waals surface area (Å²) in [5.74, 6) is 0.333. The Morgan fingerprint density at radius 1 is 1.41 bits per heavy atom. The molecular formula is C20H25N3O3S. The van der Waals surface area contributed by atoms with Gasteiger partial charge in [0.05, 0.1) is 16.4 Å². The monoisotopic (exact) mass is 387 g/mol. The topological polar surface area (TPSA) is 62.7 Å². The molecule has 2 heterocycles. The van der Waals surface area contributed by atoms with E-state index in [-0.39, 0.29) is 18.4 Å². The summed E-state index contributed by atoms with van der Waals surface area (Å²) in [4.78, 5) is 33.1. The molecule has 0 aliphatic carbocycles. The van der Waals surface area contributed by atoms with Crippen LogP contribution in [0, 0.1) is 6.92 Å². The lowest BCUT2D eigenvalue weighted by atomic mass is 10.1. The number of ether oxygens (including phenoxy) is 1. The van der Waals surface area contributed by atoms with Crippen LogP contribution in [-0.2, 0) is 9.59 Å². The Bertz CT molecular complexity index is 849. The number of amides is 2. The predicted octanol–water partition coefficient (Wildman–Crippen LogP) is 3.49. The maximum atomic E-state index is 12.7. The average molecular weight is 388 g/mol. The Morgan fingerprint density at radius 2 is 2.19 bits per heavy atom. The summed E-state index contributed by atoms with van der Waals surface area (Å²) < 4.78 is 5.74. The van der Waals surface area contributed by atoms with E-state index in [1.54, 1.807) is 30.2 Å². The number of thiazole rings is 1. The third kappa shape index (κ3) is 4.13. The molecule has 0 fully saturated rings. The fourth-order valence-corrected chi connectivity index (χ4v) is 3.62. The third-order valence-corrected chi connectivity index (χ3v) is 5.42. The van der Waals surface area contributed by atoms with Crippen molar-refractivity contribution in [3.8, 4) is 17.0 Å². The largest absolute Gasteiger partial charge is 0.479 e. The van der Waals surface area contributed by atoms with Crippen molar-refractivity contribution in [1.29, 1.82) is 0 Å². The first-order valence-corrected chi connectivity index (χ1v) is 10.1. The quantitative estimate of drug-likeness (QED) is 0.761. The highest BCUT2D eigenvalue weighted by Gasteiger charge is 2.33. The molecule has 1 unspecified atom stereocenters. The van der Waals surface area contributed by atoms with Crippen LogP contribution in [0.4, 0.5) is 5.69 Å². The molecule has 0 N–H and O–H groups in total. The van der Waals surface area contributed by atoms with Gasteiger partial charge in [-0.2, -0.15) is 0 Å². The second-order valence-electron chi connectivity index (χ2n) is 6.79. The Hall–Kier alpha value is -2.41. The summed E-state index contributed by atoms with van der Waals surface area (Å²) in [6, 6.07) is 5.66. The number of unbranched alkanes of at least 4 members (excludes halogenated alkanes) is 1. The molecule has 0 spiro atoms. The lowest BCUT2D eigenvalue weighted by Crippen LogP contribution is -2.49. The molecule has 1 aromatic carbocycles. The highest BCUT2D eigenvalue weighted by Crippen LogP contribution is 2.37. The van der Waals surface area contributed by atoms with Crippen LogP contribution in [0.3, 0.4) is 0 Å². The van der Waals surface area contributed by atoms with Crippen LogP contribution in [-0.4, -0.2) is 47.9 Å². The smallest absolute Gasteiger partial charge is 0.268 e. The van der Waals surface area contributed by atoms with Gasteiger partial charge in [0.25, 0.3) is 5.91 Å². The Labute approximate surface area is 163 Å². The summed E-state index contributed by atoms with van der Waals surface area (Å²) in [5.41, 5.74) is 2.39. The van der Waals surface area contributed by atoms with E-state index < -0.39 is 6.10 Å². The van der Waals surface area contributed by atoms with Crippen molar-refractivity contribution >= 4 is 28.8 Å². The number of benzene rings is 1. The minimum atomic E-state index is -0.612. The Morgan fingerprint density at radius 3 is 2.85 bits per heavy atom. The van der Waals surface area contributed by atoms with Gasteiger partial charge in [-0.1, -0.05) is 13.3 Å². The van der Waals surface area contributed by atoms with E-state index in [1.165, 1.54) is 4.90 Å². The van der Waals surface area contributed by atoms with E-state index >= 15 is 0 Å². The molecule has 0 radical (unpaired) electrons. The van der Waals surface area contributed by atoms with Crippen molar-refractivity contribution < 1.29 is 14.3 Å². The lowest BCUT2D eigenvalue weighted by molar-refractivity contribution is -0.132. The van der Waals surface area contributed by atoms with Crippen LogP contribution >= 0.6 is 11.3 Å². The standard InChI is InChI=1S/C20H25N3O3S/c1-5-6-9-22(4)19(24)11-23-17-10-15(16-12-27-14(3)21-16)7-8-18(17)26-13(2)20(23)25/h7-8,10,12-13H,5-6,9,11H2,1-4H3. The van der Waals surface area contributed by atoms with Crippen molar-refractivity contribution in [1.82, 2.24) is 9.88 Å². The average Bonchev–Trinajstić information content (AvgIpc) is 3.09. The maximum Gasteiger partial charge on any atom is 0.268 e. The highest BCUT2D eigenvalue weighted by molar-refractivity contribution is 7.09. The first kappa shape index (κ1) is 19.4. The number of nitrogens with zero attached hydrogens (tertiary/aromatic N) is 3. The summed E-state index contributed by atoms with van der Waals surface area (Å²) in [6.45, 7) is 6.45. The first-order valence-electron chi connectivity index (χ1n) is 9.19. The van der Waals surface area contributed by atoms with Crippen molar-refractivity contribution in [2.45, 2.75) is 39.7 Å². The van der Waals surface area contributed by atoms with E-state index in [0.717, 1.165) is 29.1 Å². The van der Waals surface area contributed by atoms with Gasteiger partial charge in [-0.3, -0.25) is 14.5 Å². The van der Waals surface area contributed by atoms with Gasteiger partial charge in [0.2, 0.25) is 5.91 Å². The maximum absolute atomic E-state index is 12.7. The van der Waals surface area contributed by atoms with E-state index in [4.69, 9.17) is 4.74 Å². The van der Waals surface area contributed by atoms with Gasteiger partial charge >= 0.3 is 0 Å². The molecule has 0 saturated carbocycles. The number of fused-ring (bicyclic) bond motifs is 1. The zero-order chi connectivity index (χ0) is 19.6. The summed E-state index contributed by atoms with van der Waals surface area (Å²) in [6.07, 6.45) is 1.35. The molecule has 7 heteroatoms. The lowest BCUT2D eigenvalue weighted by Gasteiger charge is -2.33. The Balaban J connectivity index is 1.90.